The average molecular weight is 296 g/mol. The largest absolute Gasteiger partial charge is 0.497 e. The van der Waals surface area contributed by atoms with Gasteiger partial charge < -0.3 is 10.1 Å². The fourth-order valence-corrected chi connectivity index (χ4v) is 4.08. The summed E-state index contributed by atoms with van der Waals surface area (Å²) in [6.45, 7) is 9.43. The maximum atomic E-state index is 6.30. The van der Waals surface area contributed by atoms with Gasteiger partial charge in [-0.1, -0.05) is 39.3 Å². The second-order valence-electron chi connectivity index (χ2n) is 7.60. The molecule has 1 saturated carbocycles. The van der Waals surface area contributed by atoms with Crippen LogP contribution in [-0.4, -0.2) is 13.2 Å². The van der Waals surface area contributed by atoms with Gasteiger partial charge in [0.25, 0.3) is 0 Å². The summed E-state index contributed by atoms with van der Waals surface area (Å²) in [5.41, 5.74) is 1.71. The minimum absolute atomic E-state index is 0.366. The molecule has 1 aliphatic rings. The van der Waals surface area contributed by atoms with E-state index >= 15 is 0 Å². The van der Waals surface area contributed by atoms with Gasteiger partial charge in [0, 0.05) is 12.1 Å². The topological polar surface area (TPSA) is 21.3 Å². The highest BCUT2D eigenvalue weighted by atomic mass is 35.5. The van der Waals surface area contributed by atoms with Crippen LogP contribution in [0, 0.1) is 10.8 Å². The molecule has 0 spiro atoms. The Morgan fingerprint density at radius 1 is 1.15 bits per heavy atom. The smallest absolute Gasteiger partial charge is 0.121 e. The zero-order valence-electron chi connectivity index (χ0n) is 13.2. The van der Waals surface area contributed by atoms with Gasteiger partial charge in [-0.3, -0.25) is 0 Å². The van der Waals surface area contributed by atoms with Crippen LogP contribution in [0.1, 0.15) is 47.0 Å². The lowest BCUT2D eigenvalue weighted by Gasteiger charge is -2.45. The van der Waals surface area contributed by atoms with Crippen molar-refractivity contribution in [1.82, 2.24) is 0 Å². The molecule has 2 nitrogen and oxygen atoms in total. The summed E-state index contributed by atoms with van der Waals surface area (Å²) in [5, 5.41) is 4.38. The summed E-state index contributed by atoms with van der Waals surface area (Å²) in [4.78, 5) is 0. The van der Waals surface area contributed by atoms with E-state index in [0.29, 0.717) is 16.9 Å². The molecule has 2 rings (SSSR count). The first-order valence-electron chi connectivity index (χ1n) is 7.31. The van der Waals surface area contributed by atoms with Gasteiger partial charge in [-0.2, -0.15) is 0 Å². The molecule has 1 aromatic carbocycles. The summed E-state index contributed by atoms with van der Waals surface area (Å²) in [6, 6.07) is 6.22. The van der Waals surface area contributed by atoms with Crippen LogP contribution in [0.5, 0.6) is 5.75 Å². The molecule has 1 fully saturated rings. The maximum absolute atomic E-state index is 6.30. The molecule has 20 heavy (non-hydrogen) atoms. The van der Waals surface area contributed by atoms with E-state index < -0.39 is 0 Å². The number of rotatable bonds is 3. The van der Waals surface area contributed by atoms with Gasteiger partial charge in [-0.15, -0.1) is 0 Å². The van der Waals surface area contributed by atoms with Crippen molar-refractivity contribution in [3.05, 3.63) is 23.2 Å². The fourth-order valence-electron chi connectivity index (χ4n) is 3.91. The number of benzene rings is 1. The molecule has 112 valence electrons. The van der Waals surface area contributed by atoms with Crippen molar-refractivity contribution in [3.63, 3.8) is 0 Å². The third-order valence-corrected chi connectivity index (χ3v) is 4.42. The van der Waals surface area contributed by atoms with Crippen LogP contribution in [-0.2, 0) is 0 Å². The zero-order chi connectivity index (χ0) is 15.0. The van der Waals surface area contributed by atoms with E-state index in [4.69, 9.17) is 16.3 Å². The van der Waals surface area contributed by atoms with Gasteiger partial charge in [-0.05, 0) is 42.2 Å². The summed E-state index contributed by atoms with van der Waals surface area (Å²) in [5.74, 6) is 0.839. The third-order valence-electron chi connectivity index (χ3n) is 4.09. The van der Waals surface area contributed by atoms with Crippen molar-refractivity contribution in [3.8, 4) is 5.75 Å². The normalized spacial score (nSPS) is 21.5. The fraction of sp³-hybridized carbons (Fsp3) is 0.647. The highest BCUT2D eigenvalue weighted by Crippen LogP contribution is 2.46. The van der Waals surface area contributed by atoms with Crippen LogP contribution in [0.2, 0.25) is 5.02 Å². The maximum Gasteiger partial charge on any atom is 0.121 e. The van der Waals surface area contributed by atoms with Crippen molar-refractivity contribution in [2.24, 2.45) is 10.8 Å². The molecular formula is C17H26ClNO. The molecular weight excluding hydrogens is 270 g/mol. The minimum Gasteiger partial charge on any atom is -0.497 e. The lowest BCUT2D eigenvalue weighted by Crippen LogP contribution is -2.40. The second-order valence-corrected chi connectivity index (χ2v) is 8.01. The van der Waals surface area contributed by atoms with Crippen LogP contribution < -0.4 is 10.1 Å². The zero-order valence-corrected chi connectivity index (χ0v) is 14.0. The monoisotopic (exact) mass is 295 g/mol. The van der Waals surface area contributed by atoms with E-state index in [1.54, 1.807) is 7.11 Å². The van der Waals surface area contributed by atoms with Crippen LogP contribution in [0.25, 0.3) is 0 Å². The minimum atomic E-state index is 0.366. The predicted octanol–water partition coefficient (Wildman–Crippen LogP) is 5.37. The van der Waals surface area contributed by atoms with Crippen molar-refractivity contribution in [2.45, 2.75) is 53.0 Å². The lowest BCUT2D eigenvalue weighted by atomic mass is 9.63. The Hall–Kier alpha value is -0.890. The van der Waals surface area contributed by atoms with Gasteiger partial charge in [-0.25, -0.2) is 0 Å². The number of anilines is 1. The molecule has 0 atom stereocenters. The van der Waals surface area contributed by atoms with Crippen molar-refractivity contribution < 1.29 is 4.74 Å². The van der Waals surface area contributed by atoms with Crippen LogP contribution in [0.15, 0.2) is 18.2 Å². The molecule has 0 aromatic heterocycles. The van der Waals surface area contributed by atoms with Crippen LogP contribution in [0.3, 0.4) is 0 Å². The molecule has 1 aliphatic carbocycles. The summed E-state index contributed by atoms with van der Waals surface area (Å²) in [6.07, 6.45) is 3.61. The second kappa shape index (κ2) is 5.48. The Morgan fingerprint density at radius 3 is 2.30 bits per heavy atom. The third kappa shape index (κ3) is 3.82. The molecule has 1 aromatic rings. The first-order chi connectivity index (χ1) is 9.21. The Balaban J connectivity index is 2.17. The molecule has 3 heteroatoms. The first kappa shape index (κ1) is 15.5. The molecule has 0 saturated heterocycles. The quantitative estimate of drug-likeness (QED) is 0.810. The van der Waals surface area contributed by atoms with Crippen LogP contribution >= 0.6 is 11.6 Å². The predicted molar refractivity (Wildman–Crippen MR) is 86.8 cm³/mol. The van der Waals surface area contributed by atoms with Crippen molar-refractivity contribution >= 4 is 17.3 Å². The molecule has 0 unspecified atom stereocenters. The molecule has 0 aliphatic heterocycles. The molecule has 0 bridgehead atoms. The Labute approximate surface area is 127 Å². The van der Waals surface area contributed by atoms with E-state index in [9.17, 15) is 0 Å². The summed E-state index contributed by atoms with van der Waals surface area (Å²) in [7, 11) is 1.68. The lowest BCUT2D eigenvalue weighted by molar-refractivity contribution is 0.105. The van der Waals surface area contributed by atoms with E-state index in [-0.39, 0.29) is 0 Å². The highest BCUT2D eigenvalue weighted by Gasteiger charge is 2.38. The Morgan fingerprint density at radius 2 is 1.75 bits per heavy atom. The number of ether oxygens (including phenoxy) is 1. The average Bonchev–Trinajstić information content (AvgIpc) is 2.28. The van der Waals surface area contributed by atoms with Gasteiger partial charge in [0.15, 0.2) is 0 Å². The SMILES string of the molecule is COc1ccc(Cl)c(NC2CC(C)(C)CC(C)(C)C2)c1. The van der Waals surface area contributed by atoms with E-state index in [0.717, 1.165) is 16.5 Å². The Kier molecular flexibility index (Phi) is 4.24. The highest BCUT2D eigenvalue weighted by molar-refractivity contribution is 6.33. The summed E-state index contributed by atoms with van der Waals surface area (Å²) < 4.78 is 5.28. The number of halogens is 1. The summed E-state index contributed by atoms with van der Waals surface area (Å²) >= 11 is 6.30. The van der Waals surface area contributed by atoms with E-state index in [2.05, 4.69) is 33.0 Å². The first-order valence-corrected chi connectivity index (χ1v) is 7.69. The van der Waals surface area contributed by atoms with Crippen molar-refractivity contribution in [1.29, 1.82) is 0 Å². The van der Waals surface area contributed by atoms with Crippen LogP contribution in [0.4, 0.5) is 5.69 Å². The van der Waals surface area contributed by atoms with Gasteiger partial charge in [0.2, 0.25) is 0 Å². The number of hydrogen-bond donors (Lipinski definition) is 1. The van der Waals surface area contributed by atoms with E-state index in [1.165, 1.54) is 19.3 Å². The number of nitrogens with one attached hydrogen (secondary N) is 1. The molecule has 0 amide bonds. The Bertz CT molecular complexity index is 466. The molecule has 0 heterocycles. The standard InChI is InChI=1S/C17H26ClNO/c1-16(2)9-12(10-17(3,4)11-16)19-15-8-13(20-5)6-7-14(15)18/h6-8,12,19H,9-11H2,1-5H3. The van der Waals surface area contributed by atoms with Gasteiger partial charge in [0.1, 0.15) is 5.75 Å². The number of methoxy groups -OCH3 is 1. The van der Waals surface area contributed by atoms with Crippen molar-refractivity contribution in [2.75, 3.05) is 12.4 Å². The van der Waals surface area contributed by atoms with E-state index in [1.807, 2.05) is 18.2 Å². The molecule has 1 N–H and O–H groups in total. The molecule has 0 radical (unpaired) electrons. The van der Waals surface area contributed by atoms with Gasteiger partial charge >= 0.3 is 0 Å². The number of hydrogen-bond acceptors (Lipinski definition) is 2. The van der Waals surface area contributed by atoms with Gasteiger partial charge in [0.05, 0.1) is 17.8 Å².